The minimum Gasteiger partial charge on any atom is -0.337 e. The molecule has 2 aliphatic rings. The number of hydrogen-bond acceptors (Lipinski definition) is 3. The first-order valence-corrected chi connectivity index (χ1v) is 6.51. The van der Waals surface area contributed by atoms with E-state index in [1.54, 1.807) is 0 Å². The van der Waals surface area contributed by atoms with E-state index >= 15 is 0 Å². The Hall–Kier alpha value is -0.610. The van der Waals surface area contributed by atoms with Crippen molar-refractivity contribution in [2.45, 2.75) is 38.1 Å². The van der Waals surface area contributed by atoms with Crippen LogP contribution in [0.4, 0.5) is 0 Å². The van der Waals surface area contributed by atoms with Gasteiger partial charge in [-0.05, 0) is 44.6 Å². The first kappa shape index (κ1) is 11.9. The van der Waals surface area contributed by atoms with Crippen molar-refractivity contribution in [1.82, 2.24) is 10.2 Å². The summed E-state index contributed by atoms with van der Waals surface area (Å²) in [5.41, 5.74) is 5.44. The number of rotatable bonds is 5. The number of hydrogen-bond donors (Lipinski definition) is 2. The number of nitrogens with one attached hydrogen (secondary N) is 1. The van der Waals surface area contributed by atoms with Gasteiger partial charge in [0.2, 0.25) is 5.91 Å². The van der Waals surface area contributed by atoms with E-state index in [4.69, 9.17) is 5.73 Å². The first-order chi connectivity index (χ1) is 7.81. The maximum atomic E-state index is 11.7. The van der Waals surface area contributed by atoms with E-state index in [1.165, 1.54) is 19.3 Å². The Labute approximate surface area is 97.6 Å². The minimum absolute atomic E-state index is 0.109. The lowest BCUT2D eigenvalue weighted by Gasteiger charge is -2.35. The Bertz CT molecular complexity index is 240. The zero-order chi connectivity index (χ0) is 11.4. The molecule has 3 N–H and O–H groups in total. The molecule has 0 aromatic carbocycles. The van der Waals surface area contributed by atoms with Crippen LogP contribution in [0.1, 0.15) is 32.1 Å². The average Bonchev–Trinajstić information content (AvgIpc) is 3.13. The minimum atomic E-state index is 0.109. The molecule has 1 aliphatic carbocycles. The van der Waals surface area contributed by atoms with E-state index in [0.29, 0.717) is 6.04 Å². The van der Waals surface area contributed by atoms with Gasteiger partial charge in [0.25, 0.3) is 0 Å². The lowest BCUT2D eigenvalue weighted by atomic mass is 10.0. The molecule has 4 heteroatoms. The van der Waals surface area contributed by atoms with Crippen LogP contribution in [0.3, 0.4) is 0 Å². The predicted octanol–water partition coefficient (Wildman–Crippen LogP) is 0.326. The molecule has 4 nitrogen and oxygen atoms in total. The van der Waals surface area contributed by atoms with Gasteiger partial charge in [-0.1, -0.05) is 0 Å². The van der Waals surface area contributed by atoms with Crippen LogP contribution in [-0.4, -0.2) is 43.0 Å². The second-order valence-corrected chi connectivity index (χ2v) is 5.04. The van der Waals surface area contributed by atoms with Crippen LogP contribution in [0, 0.1) is 5.92 Å². The van der Waals surface area contributed by atoms with Crippen molar-refractivity contribution in [3.05, 3.63) is 0 Å². The zero-order valence-corrected chi connectivity index (χ0v) is 9.95. The smallest absolute Gasteiger partial charge is 0.236 e. The Balaban J connectivity index is 1.75. The van der Waals surface area contributed by atoms with Crippen LogP contribution in [0.25, 0.3) is 0 Å². The van der Waals surface area contributed by atoms with E-state index < -0.39 is 0 Å². The molecule has 1 atom stereocenters. The number of carbonyl (C=O) groups is 1. The number of carbonyl (C=O) groups excluding carboxylic acids is 1. The number of nitrogens with two attached hydrogens (primary N) is 1. The molecule has 2 rings (SSSR count). The Morgan fingerprint density at radius 3 is 2.75 bits per heavy atom. The summed E-state index contributed by atoms with van der Waals surface area (Å²) in [5.74, 6) is 1.01. The first-order valence-electron chi connectivity index (χ1n) is 6.51. The van der Waals surface area contributed by atoms with Gasteiger partial charge >= 0.3 is 0 Å². The summed E-state index contributed by atoms with van der Waals surface area (Å²) in [6.45, 7) is 3.12. The fourth-order valence-electron chi connectivity index (χ4n) is 2.43. The van der Waals surface area contributed by atoms with Gasteiger partial charge in [0, 0.05) is 19.1 Å². The number of nitrogens with zero attached hydrogens (tertiary/aromatic N) is 1. The van der Waals surface area contributed by atoms with E-state index in [2.05, 4.69) is 5.32 Å². The molecule has 1 amide bonds. The molecule has 1 aliphatic heterocycles. The van der Waals surface area contributed by atoms with E-state index in [9.17, 15) is 4.79 Å². The molecular formula is C12H23N3O. The molecule has 0 bridgehead atoms. The molecule has 1 heterocycles. The van der Waals surface area contributed by atoms with Crippen molar-refractivity contribution in [2.24, 2.45) is 11.7 Å². The van der Waals surface area contributed by atoms with Crippen LogP contribution in [-0.2, 0) is 4.79 Å². The number of likely N-dealkylation sites (tertiary alicyclic amines) is 1. The average molecular weight is 225 g/mol. The highest BCUT2D eigenvalue weighted by atomic mass is 16.2. The highest BCUT2D eigenvalue weighted by Gasteiger charge is 2.26. The third kappa shape index (κ3) is 3.19. The fraction of sp³-hybridized carbons (Fsp3) is 0.917. The predicted molar refractivity (Wildman–Crippen MR) is 64.0 cm³/mol. The van der Waals surface area contributed by atoms with Gasteiger partial charge in [-0.15, -0.1) is 0 Å². The molecule has 0 aromatic rings. The van der Waals surface area contributed by atoms with E-state index in [1.807, 2.05) is 4.90 Å². The number of amides is 1. The van der Waals surface area contributed by atoms with Crippen LogP contribution < -0.4 is 11.1 Å². The molecule has 92 valence electrons. The van der Waals surface area contributed by atoms with Crippen LogP contribution in [0.2, 0.25) is 0 Å². The van der Waals surface area contributed by atoms with Crippen molar-refractivity contribution in [2.75, 3.05) is 26.2 Å². The van der Waals surface area contributed by atoms with Crippen molar-refractivity contribution in [1.29, 1.82) is 0 Å². The van der Waals surface area contributed by atoms with Gasteiger partial charge in [-0.25, -0.2) is 0 Å². The quantitative estimate of drug-likeness (QED) is 0.709. The van der Waals surface area contributed by atoms with Gasteiger partial charge in [0.05, 0.1) is 6.54 Å². The molecule has 0 aromatic heterocycles. The summed E-state index contributed by atoms with van der Waals surface area (Å²) >= 11 is 0. The third-order valence-corrected chi connectivity index (χ3v) is 3.63. The molecule has 1 saturated carbocycles. The molecule has 0 spiro atoms. The molecule has 1 unspecified atom stereocenters. The summed E-state index contributed by atoms with van der Waals surface area (Å²) in [7, 11) is 0. The lowest BCUT2D eigenvalue weighted by Crippen LogP contribution is -2.50. The Morgan fingerprint density at radius 2 is 2.06 bits per heavy atom. The summed E-state index contributed by atoms with van der Waals surface area (Å²) in [4.78, 5) is 13.6. The van der Waals surface area contributed by atoms with Gasteiger partial charge in [-0.3, -0.25) is 4.79 Å². The van der Waals surface area contributed by atoms with Crippen molar-refractivity contribution >= 4 is 5.91 Å². The molecule has 16 heavy (non-hydrogen) atoms. The molecule has 0 radical (unpaired) electrons. The van der Waals surface area contributed by atoms with Crippen LogP contribution in [0.15, 0.2) is 0 Å². The monoisotopic (exact) mass is 225 g/mol. The summed E-state index contributed by atoms with van der Waals surface area (Å²) in [6.07, 6.45) is 6.25. The normalized spacial score (nSPS) is 25.8. The SMILES string of the molecule is NCC(=O)N1CCCCC1CNCC1CC1. The van der Waals surface area contributed by atoms with Gasteiger partial charge < -0.3 is 16.0 Å². The van der Waals surface area contributed by atoms with Crippen molar-refractivity contribution in [3.63, 3.8) is 0 Å². The summed E-state index contributed by atoms with van der Waals surface area (Å²) in [6, 6.07) is 0.378. The second kappa shape index (κ2) is 5.64. The summed E-state index contributed by atoms with van der Waals surface area (Å²) < 4.78 is 0. The van der Waals surface area contributed by atoms with Gasteiger partial charge in [0.15, 0.2) is 0 Å². The lowest BCUT2D eigenvalue weighted by molar-refractivity contribution is -0.133. The standard InChI is InChI=1S/C12H23N3O/c13-7-12(16)15-6-2-1-3-11(15)9-14-8-10-4-5-10/h10-11,14H,1-9,13H2. The van der Waals surface area contributed by atoms with Crippen LogP contribution >= 0.6 is 0 Å². The molecule has 2 fully saturated rings. The van der Waals surface area contributed by atoms with E-state index in [-0.39, 0.29) is 12.5 Å². The second-order valence-electron chi connectivity index (χ2n) is 5.04. The maximum absolute atomic E-state index is 11.7. The fourth-order valence-corrected chi connectivity index (χ4v) is 2.43. The van der Waals surface area contributed by atoms with Crippen molar-refractivity contribution < 1.29 is 4.79 Å². The topological polar surface area (TPSA) is 58.4 Å². The van der Waals surface area contributed by atoms with E-state index in [0.717, 1.165) is 38.4 Å². The zero-order valence-electron chi connectivity index (χ0n) is 9.95. The molecule has 1 saturated heterocycles. The van der Waals surface area contributed by atoms with Crippen LogP contribution in [0.5, 0.6) is 0 Å². The Kier molecular flexibility index (Phi) is 4.18. The Morgan fingerprint density at radius 1 is 1.25 bits per heavy atom. The van der Waals surface area contributed by atoms with Crippen molar-refractivity contribution in [3.8, 4) is 0 Å². The highest BCUT2D eigenvalue weighted by molar-refractivity contribution is 5.78. The highest BCUT2D eigenvalue weighted by Crippen LogP contribution is 2.27. The van der Waals surface area contributed by atoms with Gasteiger partial charge in [0.1, 0.15) is 0 Å². The summed E-state index contributed by atoms with van der Waals surface area (Å²) in [5, 5.41) is 3.49. The third-order valence-electron chi connectivity index (χ3n) is 3.63. The number of piperidine rings is 1. The largest absolute Gasteiger partial charge is 0.337 e. The maximum Gasteiger partial charge on any atom is 0.236 e. The molecular weight excluding hydrogens is 202 g/mol. The van der Waals surface area contributed by atoms with Gasteiger partial charge in [-0.2, -0.15) is 0 Å².